The van der Waals surface area contributed by atoms with Gasteiger partial charge >= 0.3 is 5.97 Å². The molecular formula is C14H19NO5. The number of ether oxygens (including phenoxy) is 3. The molecule has 0 unspecified atom stereocenters. The van der Waals surface area contributed by atoms with E-state index in [2.05, 4.69) is 4.74 Å². The molecule has 0 aliphatic rings. The minimum atomic E-state index is -0.354. The van der Waals surface area contributed by atoms with Crippen LogP contribution in [0.5, 0.6) is 11.5 Å². The molecule has 0 heterocycles. The lowest BCUT2D eigenvalue weighted by atomic mass is 10.1. The molecule has 1 aromatic rings. The average molecular weight is 281 g/mol. The first-order chi connectivity index (χ1) is 9.51. The molecular weight excluding hydrogens is 262 g/mol. The van der Waals surface area contributed by atoms with Crippen LogP contribution in [0.2, 0.25) is 0 Å². The molecule has 0 bridgehead atoms. The number of hydrogen-bond acceptors (Lipinski definition) is 5. The van der Waals surface area contributed by atoms with Crippen LogP contribution in [0.15, 0.2) is 18.2 Å². The smallest absolute Gasteiger partial charge is 0.307 e. The minimum absolute atomic E-state index is 0.153. The Morgan fingerprint density at radius 1 is 1.05 bits per heavy atom. The number of amides is 1. The van der Waals surface area contributed by atoms with E-state index in [1.54, 1.807) is 25.2 Å². The third kappa shape index (κ3) is 4.15. The number of benzene rings is 1. The van der Waals surface area contributed by atoms with E-state index in [1.807, 2.05) is 0 Å². The van der Waals surface area contributed by atoms with Crippen molar-refractivity contribution in [3.8, 4) is 11.5 Å². The molecule has 0 spiro atoms. The van der Waals surface area contributed by atoms with Crippen molar-refractivity contribution < 1.29 is 23.8 Å². The molecule has 6 nitrogen and oxygen atoms in total. The predicted octanol–water partition coefficient (Wildman–Crippen LogP) is 1.34. The van der Waals surface area contributed by atoms with E-state index in [-0.39, 0.29) is 24.8 Å². The molecule has 1 aromatic carbocycles. The number of methoxy groups -OCH3 is 3. The zero-order valence-electron chi connectivity index (χ0n) is 12.1. The highest BCUT2D eigenvalue weighted by atomic mass is 16.5. The molecule has 0 radical (unpaired) electrons. The van der Waals surface area contributed by atoms with Crippen molar-refractivity contribution in [2.24, 2.45) is 0 Å². The van der Waals surface area contributed by atoms with Gasteiger partial charge in [-0.15, -0.1) is 0 Å². The number of hydrogen-bond donors (Lipinski definition) is 0. The number of nitrogens with zero attached hydrogens (tertiary/aromatic N) is 1. The van der Waals surface area contributed by atoms with Crippen LogP contribution in [-0.4, -0.2) is 51.7 Å². The minimum Gasteiger partial charge on any atom is -0.497 e. The van der Waals surface area contributed by atoms with Gasteiger partial charge in [0, 0.05) is 25.2 Å². The molecule has 20 heavy (non-hydrogen) atoms. The van der Waals surface area contributed by atoms with Gasteiger partial charge in [-0.05, 0) is 12.1 Å². The number of carbonyl (C=O) groups excluding carboxylic acids is 2. The molecule has 6 heteroatoms. The summed E-state index contributed by atoms with van der Waals surface area (Å²) in [6.45, 7) is 0.283. The Morgan fingerprint density at radius 3 is 2.05 bits per heavy atom. The van der Waals surface area contributed by atoms with Crippen LogP contribution >= 0.6 is 0 Å². The van der Waals surface area contributed by atoms with Crippen LogP contribution in [0, 0.1) is 0 Å². The lowest BCUT2D eigenvalue weighted by molar-refractivity contribution is -0.140. The van der Waals surface area contributed by atoms with E-state index < -0.39 is 0 Å². The topological polar surface area (TPSA) is 65.1 Å². The van der Waals surface area contributed by atoms with Gasteiger partial charge in [0.25, 0.3) is 5.91 Å². The van der Waals surface area contributed by atoms with Crippen molar-refractivity contribution in [3.63, 3.8) is 0 Å². The normalized spacial score (nSPS) is 9.80. The second kappa shape index (κ2) is 7.37. The van der Waals surface area contributed by atoms with Gasteiger partial charge in [-0.2, -0.15) is 0 Å². The maximum absolute atomic E-state index is 12.2. The van der Waals surface area contributed by atoms with Gasteiger partial charge in [-0.1, -0.05) is 0 Å². The monoisotopic (exact) mass is 281 g/mol. The van der Waals surface area contributed by atoms with Gasteiger partial charge in [0.1, 0.15) is 11.5 Å². The molecule has 0 aromatic heterocycles. The Hall–Kier alpha value is -2.24. The molecule has 1 amide bonds. The summed E-state index contributed by atoms with van der Waals surface area (Å²) in [5.74, 6) is 0.502. The van der Waals surface area contributed by atoms with E-state index in [0.29, 0.717) is 17.1 Å². The van der Waals surface area contributed by atoms with Crippen molar-refractivity contribution in [3.05, 3.63) is 23.8 Å². The average Bonchev–Trinajstić information content (AvgIpc) is 2.50. The lowest BCUT2D eigenvalue weighted by Crippen LogP contribution is -2.29. The first kappa shape index (κ1) is 15.8. The summed E-state index contributed by atoms with van der Waals surface area (Å²) in [7, 11) is 5.97. The van der Waals surface area contributed by atoms with Crippen molar-refractivity contribution in [1.29, 1.82) is 0 Å². The van der Waals surface area contributed by atoms with Gasteiger partial charge in [0.15, 0.2) is 0 Å². The highest BCUT2D eigenvalue weighted by Crippen LogP contribution is 2.23. The summed E-state index contributed by atoms with van der Waals surface area (Å²) in [5, 5.41) is 0. The van der Waals surface area contributed by atoms with Crippen molar-refractivity contribution >= 4 is 11.9 Å². The Bertz CT molecular complexity index is 464. The molecule has 0 aliphatic heterocycles. The molecule has 1 rings (SSSR count). The maximum atomic E-state index is 12.2. The molecule has 0 fully saturated rings. The Balaban J connectivity index is 2.82. The van der Waals surface area contributed by atoms with Gasteiger partial charge < -0.3 is 19.1 Å². The summed E-state index contributed by atoms with van der Waals surface area (Å²) in [6, 6.07) is 4.93. The third-order valence-corrected chi connectivity index (χ3v) is 2.82. The van der Waals surface area contributed by atoms with Crippen LogP contribution in [0.4, 0.5) is 0 Å². The van der Waals surface area contributed by atoms with Gasteiger partial charge in [0.2, 0.25) is 0 Å². The second-order valence-corrected chi connectivity index (χ2v) is 4.15. The number of esters is 1. The van der Waals surface area contributed by atoms with Crippen LogP contribution in [0.3, 0.4) is 0 Å². The lowest BCUT2D eigenvalue weighted by Gasteiger charge is -2.17. The summed E-state index contributed by atoms with van der Waals surface area (Å²) in [5.41, 5.74) is 0.438. The fraction of sp³-hybridized carbons (Fsp3) is 0.429. The molecule has 0 saturated carbocycles. The fourth-order valence-electron chi connectivity index (χ4n) is 1.61. The highest BCUT2D eigenvalue weighted by molar-refractivity contribution is 5.95. The standard InChI is InChI=1S/C14H19NO5/c1-15(6-5-13(16)20-4)14(17)10-7-11(18-2)9-12(8-10)19-3/h7-9H,5-6H2,1-4H3. The molecule has 0 atom stereocenters. The second-order valence-electron chi connectivity index (χ2n) is 4.15. The molecule has 110 valence electrons. The Kier molecular flexibility index (Phi) is 5.83. The third-order valence-electron chi connectivity index (χ3n) is 2.82. The quantitative estimate of drug-likeness (QED) is 0.736. The highest BCUT2D eigenvalue weighted by Gasteiger charge is 2.15. The van der Waals surface area contributed by atoms with E-state index in [0.717, 1.165) is 0 Å². The van der Waals surface area contributed by atoms with Crippen LogP contribution < -0.4 is 9.47 Å². The van der Waals surface area contributed by atoms with Crippen molar-refractivity contribution in [2.75, 3.05) is 34.9 Å². The van der Waals surface area contributed by atoms with Gasteiger partial charge in [-0.25, -0.2) is 0 Å². The Labute approximate surface area is 118 Å². The summed E-state index contributed by atoms with van der Waals surface area (Å²) >= 11 is 0. The van der Waals surface area contributed by atoms with Gasteiger partial charge in [-0.3, -0.25) is 9.59 Å². The molecule has 0 saturated heterocycles. The maximum Gasteiger partial charge on any atom is 0.307 e. The van der Waals surface area contributed by atoms with E-state index in [4.69, 9.17) is 9.47 Å². The Morgan fingerprint density at radius 2 is 1.60 bits per heavy atom. The van der Waals surface area contributed by atoms with Gasteiger partial charge in [0.05, 0.1) is 27.8 Å². The zero-order valence-corrected chi connectivity index (χ0v) is 12.1. The summed E-state index contributed by atoms with van der Waals surface area (Å²) < 4.78 is 14.8. The van der Waals surface area contributed by atoms with E-state index in [1.165, 1.54) is 26.2 Å². The summed E-state index contributed by atoms with van der Waals surface area (Å²) in [6.07, 6.45) is 0.153. The van der Waals surface area contributed by atoms with E-state index in [9.17, 15) is 9.59 Å². The predicted molar refractivity (Wildman–Crippen MR) is 73.1 cm³/mol. The fourth-order valence-corrected chi connectivity index (χ4v) is 1.61. The first-order valence-electron chi connectivity index (χ1n) is 6.07. The van der Waals surface area contributed by atoms with Crippen LogP contribution in [0.25, 0.3) is 0 Å². The van der Waals surface area contributed by atoms with Crippen LogP contribution in [0.1, 0.15) is 16.8 Å². The first-order valence-corrected chi connectivity index (χ1v) is 6.07. The number of rotatable bonds is 6. The largest absolute Gasteiger partial charge is 0.497 e. The van der Waals surface area contributed by atoms with Crippen molar-refractivity contribution in [2.45, 2.75) is 6.42 Å². The van der Waals surface area contributed by atoms with Crippen LogP contribution in [-0.2, 0) is 9.53 Å². The molecule has 0 aliphatic carbocycles. The summed E-state index contributed by atoms with van der Waals surface area (Å²) in [4.78, 5) is 24.8. The van der Waals surface area contributed by atoms with Crippen molar-refractivity contribution in [1.82, 2.24) is 4.90 Å². The zero-order chi connectivity index (χ0) is 15.1. The SMILES string of the molecule is COC(=O)CCN(C)C(=O)c1cc(OC)cc(OC)c1. The molecule has 0 N–H and O–H groups in total. The van der Waals surface area contributed by atoms with E-state index >= 15 is 0 Å². The number of carbonyl (C=O) groups is 2.